The largest absolute Gasteiger partial charge is 0.353 e. The quantitative estimate of drug-likeness (QED) is 0.847. The van der Waals surface area contributed by atoms with Gasteiger partial charge in [-0.25, -0.2) is 4.98 Å². The van der Waals surface area contributed by atoms with Crippen LogP contribution in [0.3, 0.4) is 0 Å². The highest BCUT2D eigenvalue weighted by Crippen LogP contribution is 2.26. The number of aromatic nitrogens is 2. The van der Waals surface area contributed by atoms with Gasteiger partial charge in [-0.3, -0.25) is 0 Å². The number of imidazole rings is 1. The van der Waals surface area contributed by atoms with E-state index in [9.17, 15) is 0 Å². The molecule has 1 heterocycles. The Labute approximate surface area is 98.3 Å². The molecular weight excluding hydrogens is 198 g/mol. The van der Waals surface area contributed by atoms with Crippen LogP contribution in [0.4, 0.5) is 5.95 Å². The molecule has 0 spiro atoms. The van der Waals surface area contributed by atoms with Gasteiger partial charge in [-0.15, -0.1) is 0 Å². The fourth-order valence-corrected chi connectivity index (χ4v) is 2.43. The van der Waals surface area contributed by atoms with Gasteiger partial charge in [0.2, 0.25) is 5.95 Å². The molecule has 1 aromatic rings. The second kappa shape index (κ2) is 4.89. The van der Waals surface area contributed by atoms with E-state index in [4.69, 9.17) is 0 Å². The zero-order valence-corrected chi connectivity index (χ0v) is 10.6. The highest BCUT2D eigenvalue weighted by molar-refractivity contribution is 5.28. The molecule has 1 saturated carbocycles. The molecule has 1 fully saturated rings. The lowest BCUT2D eigenvalue weighted by atomic mass is 9.87. The van der Waals surface area contributed by atoms with Crippen LogP contribution in [0.2, 0.25) is 0 Å². The predicted molar refractivity (Wildman–Crippen MR) is 67.7 cm³/mol. The third kappa shape index (κ3) is 2.57. The maximum Gasteiger partial charge on any atom is 0.203 e. The summed E-state index contributed by atoms with van der Waals surface area (Å²) >= 11 is 0. The molecular formula is C13H23N3. The molecule has 1 N–H and O–H groups in total. The molecule has 0 aromatic carbocycles. The molecule has 1 aromatic heterocycles. The van der Waals surface area contributed by atoms with Crippen LogP contribution in [-0.4, -0.2) is 15.6 Å². The lowest BCUT2D eigenvalue weighted by molar-refractivity contribution is 0.359. The van der Waals surface area contributed by atoms with Crippen LogP contribution < -0.4 is 5.32 Å². The minimum atomic E-state index is 0.479. The highest BCUT2D eigenvalue weighted by atomic mass is 15.2. The summed E-state index contributed by atoms with van der Waals surface area (Å²) in [5.74, 6) is 1.94. The summed E-state index contributed by atoms with van der Waals surface area (Å²) in [5, 5.41) is 3.58. The Morgan fingerprint density at radius 1 is 1.31 bits per heavy atom. The van der Waals surface area contributed by atoms with Gasteiger partial charge in [0.25, 0.3) is 0 Å². The van der Waals surface area contributed by atoms with Crippen LogP contribution in [0.5, 0.6) is 0 Å². The number of nitrogens with one attached hydrogen (secondary N) is 1. The second-order valence-corrected chi connectivity index (χ2v) is 5.35. The van der Waals surface area contributed by atoms with Crippen molar-refractivity contribution in [1.82, 2.24) is 9.55 Å². The van der Waals surface area contributed by atoms with Crippen molar-refractivity contribution in [3.63, 3.8) is 0 Å². The Kier molecular flexibility index (Phi) is 3.52. The number of hydrogen-bond acceptors (Lipinski definition) is 2. The topological polar surface area (TPSA) is 29.9 Å². The summed E-state index contributed by atoms with van der Waals surface area (Å²) in [5.41, 5.74) is 0. The van der Waals surface area contributed by atoms with Crippen LogP contribution in [0, 0.1) is 5.92 Å². The zero-order valence-electron chi connectivity index (χ0n) is 10.6. The van der Waals surface area contributed by atoms with Gasteiger partial charge in [0.05, 0.1) is 0 Å². The van der Waals surface area contributed by atoms with E-state index in [1.165, 1.54) is 25.7 Å². The Morgan fingerprint density at radius 2 is 2.00 bits per heavy atom. The zero-order chi connectivity index (χ0) is 11.5. The first-order chi connectivity index (χ1) is 7.66. The number of anilines is 1. The molecule has 16 heavy (non-hydrogen) atoms. The molecule has 0 unspecified atom stereocenters. The predicted octanol–water partition coefficient (Wildman–Crippen LogP) is 3.45. The van der Waals surface area contributed by atoms with Gasteiger partial charge in [0.15, 0.2) is 0 Å². The molecule has 90 valence electrons. The maximum absolute atomic E-state index is 4.40. The Balaban J connectivity index is 1.96. The third-order valence-electron chi connectivity index (χ3n) is 3.57. The number of nitrogens with zero attached hydrogens (tertiary/aromatic N) is 2. The van der Waals surface area contributed by atoms with Crippen LogP contribution in [-0.2, 0) is 0 Å². The minimum absolute atomic E-state index is 0.479. The molecule has 0 radical (unpaired) electrons. The Hall–Kier alpha value is -0.990. The fraction of sp³-hybridized carbons (Fsp3) is 0.769. The molecule has 0 atom stereocenters. The van der Waals surface area contributed by atoms with E-state index in [1.54, 1.807) is 0 Å². The molecule has 0 aliphatic heterocycles. The van der Waals surface area contributed by atoms with Crippen molar-refractivity contribution < 1.29 is 0 Å². The van der Waals surface area contributed by atoms with E-state index in [2.05, 4.69) is 41.8 Å². The maximum atomic E-state index is 4.40. The van der Waals surface area contributed by atoms with Crippen molar-refractivity contribution in [1.29, 1.82) is 0 Å². The smallest absolute Gasteiger partial charge is 0.203 e. The number of hydrogen-bond donors (Lipinski definition) is 1. The van der Waals surface area contributed by atoms with Crippen molar-refractivity contribution >= 4 is 5.95 Å². The summed E-state index contributed by atoms with van der Waals surface area (Å²) in [6.07, 6.45) is 9.20. The molecule has 0 bridgehead atoms. The van der Waals surface area contributed by atoms with Crippen molar-refractivity contribution in [2.24, 2.45) is 5.92 Å². The van der Waals surface area contributed by atoms with E-state index < -0.39 is 0 Å². The fourth-order valence-electron chi connectivity index (χ4n) is 2.43. The van der Waals surface area contributed by atoms with E-state index >= 15 is 0 Å². The normalized spacial score (nSPS) is 26.0. The van der Waals surface area contributed by atoms with Crippen LogP contribution in [0.25, 0.3) is 0 Å². The van der Waals surface area contributed by atoms with Gasteiger partial charge in [0, 0.05) is 24.5 Å². The summed E-state index contributed by atoms with van der Waals surface area (Å²) < 4.78 is 2.21. The Morgan fingerprint density at radius 3 is 2.62 bits per heavy atom. The van der Waals surface area contributed by atoms with Crippen molar-refractivity contribution in [2.45, 2.75) is 58.5 Å². The molecule has 3 nitrogen and oxygen atoms in total. The third-order valence-corrected chi connectivity index (χ3v) is 3.57. The summed E-state index contributed by atoms with van der Waals surface area (Å²) in [4.78, 5) is 4.40. The summed E-state index contributed by atoms with van der Waals surface area (Å²) in [7, 11) is 0. The average molecular weight is 221 g/mol. The van der Waals surface area contributed by atoms with Gasteiger partial charge >= 0.3 is 0 Å². The van der Waals surface area contributed by atoms with Crippen LogP contribution in [0.1, 0.15) is 52.5 Å². The van der Waals surface area contributed by atoms with Gasteiger partial charge < -0.3 is 9.88 Å². The highest BCUT2D eigenvalue weighted by Gasteiger charge is 2.19. The minimum Gasteiger partial charge on any atom is -0.353 e. The molecule has 1 aliphatic carbocycles. The van der Waals surface area contributed by atoms with Crippen molar-refractivity contribution in [3.8, 4) is 0 Å². The first-order valence-electron chi connectivity index (χ1n) is 6.46. The monoisotopic (exact) mass is 221 g/mol. The van der Waals surface area contributed by atoms with E-state index in [-0.39, 0.29) is 0 Å². The summed E-state index contributed by atoms with van der Waals surface area (Å²) in [6.45, 7) is 6.73. The van der Waals surface area contributed by atoms with E-state index in [0.717, 1.165) is 11.9 Å². The van der Waals surface area contributed by atoms with Gasteiger partial charge in [-0.2, -0.15) is 0 Å². The van der Waals surface area contributed by atoms with Crippen LogP contribution >= 0.6 is 0 Å². The second-order valence-electron chi connectivity index (χ2n) is 5.35. The van der Waals surface area contributed by atoms with Crippen molar-refractivity contribution in [2.75, 3.05) is 5.32 Å². The summed E-state index contributed by atoms with van der Waals surface area (Å²) in [6, 6.07) is 1.10. The number of rotatable bonds is 3. The molecule has 0 amide bonds. The van der Waals surface area contributed by atoms with Crippen molar-refractivity contribution in [3.05, 3.63) is 12.4 Å². The van der Waals surface area contributed by atoms with Gasteiger partial charge in [0.1, 0.15) is 0 Å². The van der Waals surface area contributed by atoms with Gasteiger partial charge in [-0.05, 0) is 45.4 Å². The van der Waals surface area contributed by atoms with E-state index in [0.29, 0.717) is 12.1 Å². The first-order valence-corrected chi connectivity index (χ1v) is 6.46. The first kappa shape index (κ1) is 11.5. The average Bonchev–Trinajstić information content (AvgIpc) is 2.69. The molecule has 3 heteroatoms. The standard InChI is InChI=1S/C13H23N3/c1-10(2)16-9-8-14-13(16)15-12-6-4-11(3)5-7-12/h8-12H,4-7H2,1-3H3,(H,14,15). The Bertz CT molecular complexity index is 322. The lowest BCUT2D eigenvalue weighted by Gasteiger charge is -2.27. The van der Waals surface area contributed by atoms with Crippen LogP contribution in [0.15, 0.2) is 12.4 Å². The van der Waals surface area contributed by atoms with Gasteiger partial charge in [-0.1, -0.05) is 6.92 Å². The molecule has 2 rings (SSSR count). The molecule has 1 aliphatic rings. The SMILES string of the molecule is CC1CCC(Nc2nccn2C(C)C)CC1. The lowest BCUT2D eigenvalue weighted by Crippen LogP contribution is -2.27. The van der Waals surface area contributed by atoms with E-state index in [1.807, 2.05) is 6.20 Å². The molecule has 0 saturated heterocycles.